The number of nitrogens with zero attached hydrogens (tertiary/aromatic N) is 4. The Balaban J connectivity index is 1.43. The summed E-state index contributed by atoms with van der Waals surface area (Å²) in [6, 6.07) is 3.72. The van der Waals surface area contributed by atoms with Crippen molar-refractivity contribution in [1.29, 1.82) is 0 Å². The molecule has 7 nitrogen and oxygen atoms in total. The summed E-state index contributed by atoms with van der Waals surface area (Å²) in [4.78, 5) is 39.6. The fourth-order valence-electron chi connectivity index (χ4n) is 4.45. The molecular weight excluding hydrogens is 378 g/mol. The lowest BCUT2D eigenvalue weighted by Gasteiger charge is -2.36. The van der Waals surface area contributed by atoms with Crippen molar-refractivity contribution >= 4 is 11.8 Å². The van der Waals surface area contributed by atoms with Crippen LogP contribution in [0.25, 0.3) is 11.4 Å². The molecule has 0 spiro atoms. The number of hydrogen-bond acceptors (Lipinski definition) is 5. The van der Waals surface area contributed by atoms with E-state index in [9.17, 15) is 9.59 Å². The standard InChI is InChI=1S/C23H29N5O2/c1-23(2)13-18(26-20(29)5-3-11-28-12-4-6-21(28)30)17-15-25-22(27-19(17)14-23)16-7-9-24-10-8-16/h7-10,15,18H,3-6,11-14H2,1-2H3,(H,26,29)/t18-/m1/s1. The zero-order chi connectivity index (χ0) is 21.1. The van der Waals surface area contributed by atoms with E-state index >= 15 is 0 Å². The third-order valence-electron chi connectivity index (χ3n) is 5.96. The van der Waals surface area contributed by atoms with E-state index in [0.29, 0.717) is 31.6 Å². The average Bonchev–Trinajstić information content (AvgIpc) is 3.12. The highest BCUT2D eigenvalue weighted by Crippen LogP contribution is 2.40. The van der Waals surface area contributed by atoms with Gasteiger partial charge in [-0.2, -0.15) is 0 Å². The van der Waals surface area contributed by atoms with Crippen LogP contribution in [0.5, 0.6) is 0 Å². The number of carbonyl (C=O) groups excluding carboxylic acids is 2. The van der Waals surface area contributed by atoms with Crippen LogP contribution in [-0.4, -0.2) is 44.8 Å². The van der Waals surface area contributed by atoms with Crippen LogP contribution in [0.2, 0.25) is 0 Å². The molecule has 0 saturated carbocycles. The van der Waals surface area contributed by atoms with Gasteiger partial charge in [0.05, 0.1) is 11.7 Å². The van der Waals surface area contributed by atoms with Crippen molar-refractivity contribution in [2.24, 2.45) is 5.41 Å². The third-order valence-corrected chi connectivity index (χ3v) is 5.96. The Morgan fingerprint density at radius 1 is 1.30 bits per heavy atom. The van der Waals surface area contributed by atoms with E-state index in [2.05, 4.69) is 29.1 Å². The zero-order valence-corrected chi connectivity index (χ0v) is 17.7. The quantitative estimate of drug-likeness (QED) is 0.795. The third kappa shape index (κ3) is 4.66. The summed E-state index contributed by atoms with van der Waals surface area (Å²) in [5, 5.41) is 3.19. The van der Waals surface area contributed by atoms with Gasteiger partial charge in [-0.05, 0) is 43.2 Å². The monoisotopic (exact) mass is 407 g/mol. The van der Waals surface area contributed by atoms with Gasteiger partial charge in [0, 0.05) is 55.6 Å². The average molecular weight is 408 g/mol. The highest BCUT2D eigenvalue weighted by atomic mass is 16.2. The van der Waals surface area contributed by atoms with Gasteiger partial charge in [-0.25, -0.2) is 9.97 Å². The summed E-state index contributed by atoms with van der Waals surface area (Å²) >= 11 is 0. The number of pyridine rings is 1. The first kappa shape index (κ1) is 20.4. The molecule has 1 aliphatic carbocycles. The molecule has 1 N–H and O–H groups in total. The van der Waals surface area contributed by atoms with Gasteiger partial charge in [-0.15, -0.1) is 0 Å². The Kier molecular flexibility index (Phi) is 5.79. The molecule has 0 bridgehead atoms. The van der Waals surface area contributed by atoms with Crippen LogP contribution < -0.4 is 5.32 Å². The van der Waals surface area contributed by atoms with Gasteiger partial charge in [-0.3, -0.25) is 14.6 Å². The molecule has 158 valence electrons. The summed E-state index contributed by atoms with van der Waals surface area (Å²) in [5.74, 6) is 0.920. The fourth-order valence-corrected chi connectivity index (χ4v) is 4.45. The van der Waals surface area contributed by atoms with Crippen molar-refractivity contribution in [3.8, 4) is 11.4 Å². The lowest BCUT2D eigenvalue weighted by Crippen LogP contribution is -2.37. The van der Waals surface area contributed by atoms with Crippen LogP contribution in [0, 0.1) is 5.41 Å². The number of likely N-dealkylation sites (tertiary alicyclic amines) is 1. The number of amides is 2. The first-order chi connectivity index (χ1) is 14.4. The summed E-state index contributed by atoms with van der Waals surface area (Å²) in [6.45, 7) is 5.91. The first-order valence-corrected chi connectivity index (χ1v) is 10.7. The molecule has 0 aromatic carbocycles. The van der Waals surface area contributed by atoms with E-state index in [0.717, 1.165) is 42.6 Å². The number of carbonyl (C=O) groups is 2. The number of fused-ring (bicyclic) bond motifs is 1. The molecule has 7 heteroatoms. The molecule has 3 heterocycles. The van der Waals surface area contributed by atoms with Crippen LogP contribution in [0.3, 0.4) is 0 Å². The van der Waals surface area contributed by atoms with E-state index < -0.39 is 0 Å². The maximum absolute atomic E-state index is 12.6. The van der Waals surface area contributed by atoms with Crippen molar-refractivity contribution in [2.45, 2.75) is 58.4 Å². The molecule has 4 rings (SSSR count). The Morgan fingerprint density at radius 2 is 2.10 bits per heavy atom. The van der Waals surface area contributed by atoms with Gasteiger partial charge < -0.3 is 10.2 Å². The van der Waals surface area contributed by atoms with Gasteiger partial charge in [-0.1, -0.05) is 13.8 Å². The van der Waals surface area contributed by atoms with E-state index in [1.165, 1.54) is 0 Å². The minimum absolute atomic E-state index is 0.0218. The van der Waals surface area contributed by atoms with Crippen LogP contribution >= 0.6 is 0 Å². The predicted molar refractivity (Wildman–Crippen MR) is 113 cm³/mol. The van der Waals surface area contributed by atoms with E-state index in [-0.39, 0.29) is 23.3 Å². The van der Waals surface area contributed by atoms with E-state index in [4.69, 9.17) is 4.98 Å². The van der Waals surface area contributed by atoms with Gasteiger partial charge in [0.25, 0.3) is 0 Å². The molecular formula is C23H29N5O2. The SMILES string of the molecule is CC1(C)Cc2nc(-c3ccncc3)ncc2[C@H](NC(=O)CCCN2CCCC2=O)C1. The second-order valence-corrected chi connectivity index (χ2v) is 9.08. The largest absolute Gasteiger partial charge is 0.349 e. The van der Waals surface area contributed by atoms with Gasteiger partial charge in [0.2, 0.25) is 11.8 Å². The molecule has 2 aromatic rings. The Morgan fingerprint density at radius 3 is 2.83 bits per heavy atom. The summed E-state index contributed by atoms with van der Waals surface area (Å²) in [5.41, 5.74) is 2.99. The second-order valence-electron chi connectivity index (χ2n) is 9.08. The van der Waals surface area contributed by atoms with E-state index in [1.807, 2.05) is 23.2 Å². The summed E-state index contributed by atoms with van der Waals surface area (Å²) < 4.78 is 0. The highest BCUT2D eigenvalue weighted by molar-refractivity contribution is 5.78. The Hall–Kier alpha value is -2.83. The molecule has 0 radical (unpaired) electrons. The molecule has 2 aliphatic rings. The first-order valence-electron chi connectivity index (χ1n) is 10.7. The number of aromatic nitrogens is 3. The smallest absolute Gasteiger partial charge is 0.222 e. The van der Waals surface area contributed by atoms with Gasteiger partial charge in [0.15, 0.2) is 5.82 Å². The fraction of sp³-hybridized carbons (Fsp3) is 0.522. The Labute approximate surface area is 177 Å². The summed E-state index contributed by atoms with van der Waals surface area (Å²) in [6.07, 6.45) is 9.73. The summed E-state index contributed by atoms with van der Waals surface area (Å²) in [7, 11) is 0. The van der Waals surface area contributed by atoms with Crippen molar-refractivity contribution in [1.82, 2.24) is 25.2 Å². The van der Waals surface area contributed by atoms with Gasteiger partial charge >= 0.3 is 0 Å². The molecule has 0 unspecified atom stereocenters. The lowest BCUT2D eigenvalue weighted by atomic mass is 9.74. The number of nitrogens with one attached hydrogen (secondary N) is 1. The predicted octanol–water partition coefficient (Wildman–Crippen LogP) is 3.07. The topological polar surface area (TPSA) is 88.1 Å². The molecule has 1 saturated heterocycles. The van der Waals surface area contributed by atoms with Crippen LogP contribution in [-0.2, 0) is 16.0 Å². The molecule has 2 amide bonds. The van der Waals surface area contributed by atoms with Crippen molar-refractivity contribution in [2.75, 3.05) is 13.1 Å². The molecule has 2 aromatic heterocycles. The number of hydrogen-bond donors (Lipinski definition) is 1. The highest BCUT2D eigenvalue weighted by Gasteiger charge is 2.34. The Bertz CT molecular complexity index is 928. The molecule has 1 atom stereocenters. The molecule has 30 heavy (non-hydrogen) atoms. The van der Waals surface area contributed by atoms with Crippen molar-refractivity contribution in [3.05, 3.63) is 42.0 Å². The second kappa shape index (κ2) is 8.50. The molecule has 1 fully saturated rings. The normalized spacial score (nSPS) is 20.1. The minimum atomic E-state index is -0.0869. The maximum Gasteiger partial charge on any atom is 0.222 e. The van der Waals surface area contributed by atoms with E-state index in [1.54, 1.807) is 12.4 Å². The van der Waals surface area contributed by atoms with Crippen LogP contribution in [0.15, 0.2) is 30.7 Å². The lowest BCUT2D eigenvalue weighted by molar-refractivity contribution is -0.128. The van der Waals surface area contributed by atoms with Crippen molar-refractivity contribution < 1.29 is 9.59 Å². The maximum atomic E-state index is 12.6. The minimum Gasteiger partial charge on any atom is -0.349 e. The molecule has 1 aliphatic heterocycles. The van der Waals surface area contributed by atoms with Gasteiger partial charge in [0.1, 0.15) is 0 Å². The zero-order valence-electron chi connectivity index (χ0n) is 17.7. The number of rotatable bonds is 6. The van der Waals surface area contributed by atoms with Crippen LogP contribution in [0.4, 0.5) is 0 Å². The van der Waals surface area contributed by atoms with Crippen LogP contribution in [0.1, 0.15) is 63.3 Å². The van der Waals surface area contributed by atoms with Crippen molar-refractivity contribution in [3.63, 3.8) is 0 Å².